The number of esters is 1. The standard InChI is InChI=1S/C43H58O8/c1-7-13-18-45-37-25-31-32-26-38(46-19-14-8-2)40(48-21-16-10-4)28-34(32)36-30-42(50-23-24-51-43(44)12-6)41(49-22-17-11-5)29-35(36)33(31)27-39(37)47-20-15-9-3/h12,25-30H,6-11,13-24H2,1-5H3. The summed E-state index contributed by atoms with van der Waals surface area (Å²) in [5.74, 6) is 3.61. The fraction of sp³-hybridized carbons (Fsp3) is 0.512. The molecule has 0 heterocycles. The Kier molecular flexibility index (Phi) is 16.3. The van der Waals surface area contributed by atoms with Crippen molar-refractivity contribution in [3.63, 3.8) is 0 Å². The minimum absolute atomic E-state index is 0.0862. The van der Waals surface area contributed by atoms with Crippen molar-refractivity contribution in [3.05, 3.63) is 49.1 Å². The van der Waals surface area contributed by atoms with E-state index in [0.717, 1.165) is 120 Å². The minimum atomic E-state index is -0.489. The second kappa shape index (κ2) is 21.1. The average Bonchev–Trinajstić information content (AvgIpc) is 3.14. The molecule has 0 spiro atoms. The number of benzene rings is 4. The first-order valence-electron chi connectivity index (χ1n) is 19.1. The van der Waals surface area contributed by atoms with Gasteiger partial charge >= 0.3 is 5.97 Å². The summed E-state index contributed by atoms with van der Waals surface area (Å²) in [6.07, 6.45) is 11.0. The zero-order valence-electron chi connectivity index (χ0n) is 31.5. The van der Waals surface area contributed by atoms with Gasteiger partial charge in [0.25, 0.3) is 0 Å². The first kappa shape index (κ1) is 39.5. The number of carbonyl (C=O) groups is 1. The molecule has 0 N–H and O–H groups in total. The summed E-state index contributed by atoms with van der Waals surface area (Å²) in [5.41, 5.74) is 0. The van der Waals surface area contributed by atoms with Crippen molar-refractivity contribution in [3.8, 4) is 34.5 Å². The van der Waals surface area contributed by atoms with Crippen LogP contribution in [0.1, 0.15) is 98.8 Å². The third-order valence-electron chi connectivity index (χ3n) is 8.65. The van der Waals surface area contributed by atoms with Crippen LogP contribution in [0.2, 0.25) is 0 Å². The Morgan fingerprint density at radius 3 is 0.882 bits per heavy atom. The smallest absolute Gasteiger partial charge is 0.330 e. The molecule has 0 saturated carbocycles. The molecule has 0 aromatic heterocycles. The molecule has 0 saturated heterocycles. The largest absolute Gasteiger partial charge is 0.490 e. The molecular weight excluding hydrogens is 644 g/mol. The molecule has 0 aliphatic rings. The normalized spacial score (nSPS) is 11.2. The molecule has 0 fully saturated rings. The molecule has 0 amide bonds. The van der Waals surface area contributed by atoms with Crippen molar-refractivity contribution in [2.24, 2.45) is 0 Å². The van der Waals surface area contributed by atoms with E-state index in [-0.39, 0.29) is 13.2 Å². The number of rotatable bonds is 25. The first-order chi connectivity index (χ1) is 25.0. The third-order valence-corrected chi connectivity index (χ3v) is 8.65. The lowest BCUT2D eigenvalue weighted by Gasteiger charge is -2.20. The summed E-state index contributed by atoms with van der Waals surface area (Å²) in [5, 5.41) is 6.01. The van der Waals surface area contributed by atoms with Gasteiger partial charge in [-0.15, -0.1) is 0 Å². The van der Waals surface area contributed by atoms with E-state index in [1.807, 2.05) is 6.07 Å². The summed E-state index contributed by atoms with van der Waals surface area (Å²) in [4.78, 5) is 11.7. The second-order valence-corrected chi connectivity index (χ2v) is 12.8. The van der Waals surface area contributed by atoms with E-state index >= 15 is 0 Å². The van der Waals surface area contributed by atoms with Crippen molar-refractivity contribution in [2.75, 3.05) is 46.2 Å². The van der Waals surface area contributed by atoms with E-state index in [9.17, 15) is 4.79 Å². The van der Waals surface area contributed by atoms with Crippen LogP contribution in [0.25, 0.3) is 32.3 Å². The molecule has 4 rings (SSSR count). The number of carbonyl (C=O) groups excluding carboxylic acids is 1. The SMILES string of the molecule is C=CC(=O)OCCOc1cc2c3cc(OCCCC)c(OCCCC)cc3c3cc(OCCCC)c(OCCCC)cc3c2cc1OCCCC. The summed E-state index contributed by atoms with van der Waals surface area (Å²) in [6, 6.07) is 12.5. The Labute approximate surface area is 304 Å². The van der Waals surface area contributed by atoms with Crippen LogP contribution in [0.3, 0.4) is 0 Å². The van der Waals surface area contributed by atoms with Crippen LogP contribution < -0.4 is 28.4 Å². The number of unbranched alkanes of at least 4 members (excludes halogenated alkanes) is 5. The Balaban J connectivity index is 2.02. The summed E-state index contributed by atoms with van der Waals surface area (Å²) < 4.78 is 43.4. The number of ether oxygens (including phenoxy) is 7. The lowest BCUT2D eigenvalue weighted by molar-refractivity contribution is -0.138. The molecule has 0 aliphatic heterocycles. The zero-order valence-corrected chi connectivity index (χ0v) is 31.5. The van der Waals surface area contributed by atoms with Gasteiger partial charge in [0.15, 0.2) is 34.5 Å². The fourth-order valence-electron chi connectivity index (χ4n) is 5.68. The van der Waals surface area contributed by atoms with Gasteiger partial charge in [-0.25, -0.2) is 4.79 Å². The van der Waals surface area contributed by atoms with Gasteiger partial charge in [-0.3, -0.25) is 0 Å². The van der Waals surface area contributed by atoms with Crippen molar-refractivity contribution >= 4 is 38.3 Å². The quantitative estimate of drug-likeness (QED) is 0.0292. The van der Waals surface area contributed by atoms with Crippen molar-refractivity contribution in [1.29, 1.82) is 0 Å². The molecule has 51 heavy (non-hydrogen) atoms. The maximum atomic E-state index is 11.7. The van der Waals surface area contributed by atoms with Gasteiger partial charge in [0.2, 0.25) is 0 Å². The van der Waals surface area contributed by atoms with Crippen LogP contribution in [0.15, 0.2) is 49.1 Å². The van der Waals surface area contributed by atoms with Crippen LogP contribution in [-0.4, -0.2) is 52.2 Å². The molecule has 278 valence electrons. The van der Waals surface area contributed by atoms with E-state index in [1.165, 1.54) is 0 Å². The number of hydrogen-bond donors (Lipinski definition) is 0. The molecule has 0 unspecified atom stereocenters. The van der Waals surface area contributed by atoms with Crippen LogP contribution in [0.5, 0.6) is 34.5 Å². The van der Waals surface area contributed by atoms with Gasteiger partial charge in [-0.05, 0) is 101 Å². The minimum Gasteiger partial charge on any atom is -0.490 e. The van der Waals surface area contributed by atoms with E-state index in [1.54, 1.807) is 0 Å². The topological polar surface area (TPSA) is 81.7 Å². The zero-order chi connectivity index (χ0) is 36.4. The third kappa shape index (κ3) is 10.8. The number of hydrogen-bond acceptors (Lipinski definition) is 8. The van der Waals surface area contributed by atoms with Gasteiger partial charge in [0.1, 0.15) is 13.2 Å². The maximum Gasteiger partial charge on any atom is 0.330 e. The predicted molar refractivity (Wildman–Crippen MR) is 208 cm³/mol. The summed E-state index contributed by atoms with van der Waals surface area (Å²) >= 11 is 0. The molecular formula is C43H58O8. The molecule has 8 heteroatoms. The van der Waals surface area contributed by atoms with Crippen LogP contribution in [-0.2, 0) is 9.53 Å². The Morgan fingerprint density at radius 2 is 0.667 bits per heavy atom. The van der Waals surface area contributed by atoms with E-state index in [2.05, 4.69) is 71.5 Å². The van der Waals surface area contributed by atoms with Crippen LogP contribution in [0.4, 0.5) is 0 Å². The van der Waals surface area contributed by atoms with E-state index in [4.69, 9.17) is 33.2 Å². The lowest BCUT2D eigenvalue weighted by Crippen LogP contribution is -2.11. The van der Waals surface area contributed by atoms with Gasteiger partial charge in [0, 0.05) is 6.08 Å². The summed E-state index contributed by atoms with van der Waals surface area (Å²) in [6.45, 7) is 17.4. The highest BCUT2D eigenvalue weighted by Crippen LogP contribution is 2.47. The Morgan fingerprint density at radius 1 is 0.431 bits per heavy atom. The molecule has 0 aliphatic carbocycles. The molecule has 0 radical (unpaired) electrons. The highest BCUT2D eigenvalue weighted by atomic mass is 16.6. The maximum absolute atomic E-state index is 11.7. The predicted octanol–water partition coefficient (Wildman–Crippen LogP) is 11.1. The highest BCUT2D eigenvalue weighted by Gasteiger charge is 2.20. The fourth-order valence-corrected chi connectivity index (χ4v) is 5.68. The Hall–Kier alpha value is -4.33. The Bertz CT molecular complexity index is 1670. The molecule has 8 nitrogen and oxygen atoms in total. The first-order valence-corrected chi connectivity index (χ1v) is 19.1. The van der Waals surface area contributed by atoms with Crippen molar-refractivity contribution in [2.45, 2.75) is 98.8 Å². The number of fused-ring (bicyclic) bond motifs is 6. The van der Waals surface area contributed by atoms with Crippen molar-refractivity contribution < 1.29 is 38.0 Å². The van der Waals surface area contributed by atoms with Gasteiger partial charge in [-0.1, -0.05) is 73.3 Å². The average molecular weight is 703 g/mol. The molecule has 0 bridgehead atoms. The lowest BCUT2D eigenvalue weighted by atomic mass is 9.93. The molecule has 4 aromatic carbocycles. The highest BCUT2D eigenvalue weighted by molar-refractivity contribution is 6.26. The molecule has 4 aromatic rings. The van der Waals surface area contributed by atoms with Gasteiger partial charge in [-0.2, -0.15) is 0 Å². The van der Waals surface area contributed by atoms with Crippen LogP contribution >= 0.6 is 0 Å². The van der Waals surface area contributed by atoms with Gasteiger partial charge < -0.3 is 33.2 Å². The van der Waals surface area contributed by atoms with E-state index in [0.29, 0.717) is 50.3 Å². The van der Waals surface area contributed by atoms with Gasteiger partial charge in [0.05, 0.1) is 33.0 Å². The summed E-state index contributed by atoms with van der Waals surface area (Å²) in [7, 11) is 0. The monoisotopic (exact) mass is 702 g/mol. The second-order valence-electron chi connectivity index (χ2n) is 12.8. The van der Waals surface area contributed by atoms with Crippen LogP contribution in [0, 0.1) is 0 Å². The van der Waals surface area contributed by atoms with Crippen molar-refractivity contribution in [1.82, 2.24) is 0 Å². The van der Waals surface area contributed by atoms with E-state index < -0.39 is 5.97 Å². The molecule has 0 atom stereocenters.